The third-order valence-corrected chi connectivity index (χ3v) is 7.02. The lowest BCUT2D eigenvalue weighted by Crippen LogP contribution is -2.48. The van der Waals surface area contributed by atoms with E-state index in [9.17, 15) is 14.4 Å². The average molecular weight is 479 g/mol. The van der Waals surface area contributed by atoms with Gasteiger partial charge in [-0.25, -0.2) is 0 Å². The molecule has 7 heteroatoms. The number of carbonyl (C=O) groups excluding carboxylic acids is 3. The van der Waals surface area contributed by atoms with Crippen molar-refractivity contribution in [1.82, 2.24) is 9.88 Å². The molecular weight excluding hydrogens is 452 g/mol. The number of para-hydroxylation sites is 1. The first-order valence-electron chi connectivity index (χ1n) is 12.3. The summed E-state index contributed by atoms with van der Waals surface area (Å²) in [6.45, 7) is 0.515. The topological polar surface area (TPSA) is 85.5 Å². The minimum Gasteiger partial charge on any atom is -0.361 e. The number of benzene rings is 3. The highest BCUT2D eigenvalue weighted by Crippen LogP contribution is 2.45. The van der Waals surface area contributed by atoms with Crippen LogP contribution in [0.25, 0.3) is 10.9 Å². The van der Waals surface area contributed by atoms with E-state index in [1.807, 2.05) is 72.9 Å². The number of anilines is 2. The maximum Gasteiger partial charge on any atom is 0.260 e. The van der Waals surface area contributed by atoms with Gasteiger partial charge in [-0.2, -0.15) is 0 Å². The molecule has 3 amide bonds. The summed E-state index contributed by atoms with van der Waals surface area (Å²) in [5.41, 5.74) is 4.49. The lowest BCUT2D eigenvalue weighted by Gasteiger charge is -2.41. The maximum absolute atomic E-state index is 13.4. The lowest BCUT2D eigenvalue weighted by molar-refractivity contribution is -0.116. The number of aromatic amines is 1. The third-order valence-electron chi connectivity index (χ3n) is 7.02. The van der Waals surface area contributed by atoms with Crippen molar-refractivity contribution in [3.63, 3.8) is 0 Å². The molecule has 6 rings (SSSR count). The van der Waals surface area contributed by atoms with Crippen molar-refractivity contribution in [2.75, 3.05) is 16.8 Å². The molecule has 36 heavy (non-hydrogen) atoms. The van der Waals surface area contributed by atoms with Crippen molar-refractivity contribution in [3.05, 3.63) is 95.7 Å². The van der Waals surface area contributed by atoms with E-state index in [1.54, 1.807) is 15.9 Å². The van der Waals surface area contributed by atoms with Crippen LogP contribution in [0.3, 0.4) is 0 Å². The number of hydrogen-bond donors (Lipinski definition) is 2. The smallest absolute Gasteiger partial charge is 0.260 e. The molecule has 1 atom stereocenters. The fourth-order valence-electron chi connectivity index (χ4n) is 5.29. The second-order valence-electron chi connectivity index (χ2n) is 9.29. The highest BCUT2D eigenvalue weighted by atomic mass is 16.2. The van der Waals surface area contributed by atoms with E-state index in [1.165, 1.54) is 0 Å². The molecular formula is C29H26N4O3. The molecule has 180 valence electrons. The molecule has 0 aliphatic carbocycles. The van der Waals surface area contributed by atoms with Gasteiger partial charge >= 0.3 is 0 Å². The summed E-state index contributed by atoms with van der Waals surface area (Å²) in [4.78, 5) is 45.8. The van der Waals surface area contributed by atoms with Crippen LogP contribution in [0.1, 0.15) is 58.1 Å². The van der Waals surface area contributed by atoms with Crippen LogP contribution < -0.4 is 10.2 Å². The zero-order chi connectivity index (χ0) is 24.6. The van der Waals surface area contributed by atoms with Crippen molar-refractivity contribution in [3.8, 4) is 0 Å². The van der Waals surface area contributed by atoms with Gasteiger partial charge in [0.05, 0.1) is 11.3 Å². The van der Waals surface area contributed by atoms with Crippen LogP contribution in [0.5, 0.6) is 0 Å². The SMILES string of the molecule is O=C(CCCCCN1C(=O)c2ccccc2N2C(=O)c3ccccc3[C@H]12)Nc1ccc2cc[nH]c2c1. The van der Waals surface area contributed by atoms with Gasteiger partial charge in [0.1, 0.15) is 6.17 Å². The van der Waals surface area contributed by atoms with Gasteiger partial charge in [0.25, 0.3) is 11.8 Å². The molecule has 3 heterocycles. The van der Waals surface area contributed by atoms with E-state index >= 15 is 0 Å². The van der Waals surface area contributed by atoms with Crippen molar-refractivity contribution in [2.24, 2.45) is 0 Å². The molecule has 0 fully saturated rings. The van der Waals surface area contributed by atoms with Crippen molar-refractivity contribution < 1.29 is 14.4 Å². The minimum atomic E-state index is -0.428. The van der Waals surface area contributed by atoms with E-state index in [0.29, 0.717) is 29.8 Å². The van der Waals surface area contributed by atoms with Crippen LogP contribution in [0.4, 0.5) is 11.4 Å². The Balaban J connectivity index is 1.10. The number of unbranched alkanes of at least 4 members (excludes halogenated alkanes) is 2. The third kappa shape index (κ3) is 3.73. The van der Waals surface area contributed by atoms with Crippen molar-refractivity contribution in [2.45, 2.75) is 31.8 Å². The molecule has 0 unspecified atom stereocenters. The number of fused-ring (bicyclic) bond motifs is 6. The van der Waals surface area contributed by atoms with Crippen LogP contribution in [-0.4, -0.2) is 34.2 Å². The molecule has 2 aliphatic heterocycles. The summed E-state index contributed by atoms with van der Waals surface area (Å²) in [5, 5.41) is 4.07. The number of nitrogens with zero attached hydrogens (tertiary/aromatic N) is 2. The molecule has 0 spiro atoms. The van der Waals surface area contributed by atoms with E-state index in [0.717, 1.165) is 41.4 Å². The highest BCUT2D eigenvalue weighted by Gasteiger charge is 2.47. The molecule has 4 aromatic rings. The Morgan fingerprint density at radius 2 is 1.67 bits per heavy atom. The number of amides is 3. The Morgan fingerprint density at radius 3 is 2.56 bits per heavy atom. The highest BCUT2D eigenvalue weighted by molar-refractivity contribution is 6.16. The predicted molar refractivity (Wildman–Crippen MR) is 139 cm³/mol. The van der Waals surface area contributed by atoms with Crippen molar-refractivity contribution >= 4 is 40.0 Å². The number of rotatable bonds is 7. The number of hydrogen-bond acceptors (Lipinski definition) is 3. The predicted octanol–water partition coefficient (Wildman–Crippen LogP) is 5.48. The van der Waals surface area contributed by atoms with Crippen LogP contribution >= 0.6 is 0 Å². The van der Waals surface area contributed by atoms with E-state index in [2.05, 4.69) is 10.3 Å². The number of nitrogens with one attached hydrogen (secondary N) is 2. The first kappa shape index (κ1) is 22.1. The summed E-state index contributed by atoms with van der Waals surface area (Å²) in [5.74, 6) is -0.158. The molecule has 0 radical (unpaired) electrons. The zero-order valence-electron chi connectivity index (χ0n) is 19.7. The van der Waals surface area contributed by atoms with E-state index in [-0.39, 0.29) is 17.7 Å². The first-order valence-corrected chi connectivity index (χ1v) is 12.3. The van der Waals surface area contributed by atoms with Crippen LogP contribution in [0.2, 0.25) is 0 Å². The molecule has 2 aliphatic rings. The molecule has 2 N–H and O–H groups in total. The van der Waals surface area contributed by atoms with Crippen LogP contribution in [0, 0.1) is 0 Å². The Hall–Kier alpha value is -4.39. The Morgan fingerprint density at radius 1 is 0.861 bits per heavy atom. The Bertz CT molecular complexity index is 1490. The summed E-state index contributed by atoms with van der Waals surface area (Å²) < 4.78 is 0. The van der Waals surface area contributed by atoms with E-state index in [4.69, 9.17) is 0 Å². The molecule has 0 bridgehead atoms. The maximum atomic E-state index is 13.4. The summed E-state index contributed by atoms with van der Waals surface area (Å²) >= 11 is 0. The quantitative estimate of drug-likeness (QED) is 0.345. The van der Waals surface area contributed by atoms with Gasteiger partial charge in [-0.1, -0.05) is 42.8 Å². The fraction of sp³-hybridized carbons (Fsp3) is 0.207. The van der Waals surface area contributed by atoms with Crippen LogP contribution in [-0.2, 0) is 4.79 Å². The Kier molecular flexibility index (Phi) is 5.52. The van der Waals surface area contributed by atoms with Gasteiger partial charge in [0, 0.05) is 41.5 Å². The summed E-state index contributed by atoms with van der Waals surface area (Å²) in [6, 6.07) is 22.6. The molecule has 3 aromatic carbocycles. The zero-order valence-corrected chi connectivity index (χ0v) is 19.7. The number of aromatic nitrogens is 1. The minimum absolute atomic E-state index is 0.0228. The van der Waals surface area contributed by atoms with Gasteiger partial charge in [-0.15, -0.1) is 0 Å². The van der Waals surface area contributed by atoms with E-state index < -0.39 is 6.17 Å². The fourth-order valence-corrected chi connectivity index (χ4v) is 5.29. The molecule has 0 saturated carbocycles. The Labute approximate surface area is 208 Å². The first-order chi connectivity index (χ1) is 17.6. The molecule has 7 nitrogen and oxygen atoms in total. The second kappa shape index (κ2) is 9.00. The van der Waals surface area contributed by atoms with Gasteiger partial charge in [-0.05, 0) is 54.6 Å². The normalized spacial score (nSPS) is 16.2. The number of H-pyrrole nitrogens is 1. The average Bonchev–Trinajstić information content (AvgIpc) is 3.48. The largest absolute Gasteiger partial charge is 0.361 e. The van der Waals surface area contributed by atoms with Crippen molar-refractivity contribution in [1.29, 1.82) is 0 Å². The standard InChI is InChI=1S/C29H26N4O3/c34-26(31-20-14-13-19-15-16-30-24(19)18-20)12-2-1-7-17-32-27-21-8-3-4-9-22(21)29(36)33(27)25-11-6-5-10-23(25)28(32)35/h3-6,8-11,13-16,18,27,30H,1-2,7,12,17H2,(H,31,34)/t27-/m1/s1. The monoisotopic (exact) mass is 478 g/mol. The van der Waals surface area contributed by atoms with Gasteiger partial charge in [0.2, 0.25) is 5.91 Å². The van der Waals surface area contributed by atoms with Gasteiger partial charge < -0.3 is 15.2 Å². The van der Waals surface area contributed by atoms with Gasteiger partial charge in [-0.3, -0.25) is 19.3 Å². The summed E-state index contributed by atoms with van der Waals surface area (Å²) in [7, 11) is 0. The molecule has 0 saturated heterocycles. The van der Waals surface area contributed by atoms with Crippen LogP contribution in [0.15, 0.2) is 79.0 Å². The van der Waals surface area contributed by atoms with Gasteiger partial charge in [0.15, 0.2) is 0 Å². The second-order valence-corrected chi connectivity index (χ2v) is 9.29. The molecule has 1 aromatic heterocycles. The summed E-state index contributed by atoms with van der Waals surface area (Å²) in [6.07, 6.45) is 4.13. The lowest BCUT2D eigenvalue weighted by atomic mass is 10.0. The number of carbonyl (C=O) groups is 3.